The van der Waals surface area contributed by atoms with Gasteiger partial charge in [-0.15, -0.1) is 11.3 Å². The number of aromatic carboxylic acids is 1. The molecular weight excluding hydrogens is 262 g/mol. The summed E-state index contributed by atoms with van der Waals surface area (Å²) in [5.41, 5.74) is 1.51. The van der Waals surface area contributed by atoms with Crippen LogP contribution >= 0.6 is 11.3 Å². The number of methoxy groups -OCH3 is 1. The minimum Gasteiger partial charge on any atom is -0.497 e. The van der Waals surface area contributed by atoms with Gasteiger partial charge in [-0.25, -0.2) is 9.78 Å². The predicted octanol–water partition coefficient (Wildman–Crippen LogP) is 3.64. The van der Waals surface area contributed by atoms with Crippen molar-refractivity contribution >= 4 is 17.3 Å². The van der Waals surface area contributed by atoms with Gasteiger partial charge in [-0.1, -0.05) is 26.0 Å². The molecule has 0 saturated heterocycles. The fourth-order valence-electron chi connectivity index (χ4n) is 1.76. The number of carboxylic acid groups (broad SMARTS) is 1. The largest absolute Gasteiger partial charge is 0.497 e. The van der Waals surface area contributed by atoms with Crippen LogP contribution in [0.15, 0.2) is 24.3 Å². The molecule has 0 amide bonds. The van der Waals surface area contributed by atoms with Crippen LogP contribution in [0.4, 0.5) is 0 Å². The van der Waals surface area contributed by atoms with E-state index in [9.17, 15) is 9.90 Å². The average molecular weight is 277 g/mol. The first-order valence-electron chi connectivity index (χ1n) is 5.91. The highest BCUT2D eigenvalue weighted by Crippen LogP contribution is 2.33. The topological polar surface area (TPSA) is 59.4 Å². The van der Waals surface area contributed by atoms with Crippen LogP contribution in [0.2, 0.25) is 0 Å². The quantitative estimate of drug-likeness (QED) is 0.926. The molecule has 4 nitrogen and oxygen atoms in total. The first-order chi connectivity index (χ1) is 9.02. The fraction of sp³-hybridized carbons (Fsp3) is 0.286. The van der Waals surface area contributed by atoms with Crippen LogP contribution in [0.3, 0.4) is 0 Å². The minimum absolute atomic E-state index is 0.0849. The van der Waals surface area contributed by atoms with Crippen molar-refractivity contribution in [3.05, 3.63) is 34.8 Å². The van der Waals surface area contributed by atoms with E-state index >= 15 is 0 Å². The molecule has 0 radical (unpaired) electrons. The predicted molar refractivity (Wildman–Crippen MR) is 75.2 cm³/mol. The van der Waals surface area contributed by atoms with E-state index in [1.165, 1.54) is 11.3 Å². The van der Waals surface area contributed by atoms with Gasteiger partial charge in [-0.05, 0) is 18.1 Å². The lowest BCUT2D eigenvalue weighted by atomic mass is 10.1. The third kappa shape index (κ3) is 2.76. The Hall–Kier alpha value is -1.88. The zero-order valence-corrected chi connectivity index (χ0v) is 11.8. The molecule has 2 rings (SSSR count). The Labute approximate surface area is 115 Å². The smallest absolute Gasteiger partial charge is 0.347 e. The van der Waals surface area contributed by atoms with Gasteiger partial charge in [0.1, 0.15) is 15.6 Å². The van der Waals surface area contributed by atoms with E-state index in [-0.39, 0.29) is 5.92 Å². The van der Waals surface area contributed by atoms with Crippen LogP contribution in [0.5, 0.6) is 5.75 Å². The Morgan fingerprint density at radius 2 is 2.16 bits per heavy atom. The molecule has 0 saturated carbocycles. The van der Waals surface area contributed by atoms with Crippen LogP contribution in [-0.4, -0.2) is 23.2 Å². The fourth-order valence-corrected chi connectivity index (χ4v) is 2.81. The summed E-state index contributed by atoms with van der Waals surface area (Å²) in [6.07, 6.45) is 0. The van der Waals surface area contributed by atoms with Gasteiger partial charge in [-0.2, -0.15) is 0 Å². The van der Waals surface area contributed by atoms with Crippen molar-refractivity contribution in [2.24, 2.45) is 0 Å². The molecule has 1 heterocycles. The van der Waals surface area contributed by atoms with Crippen molar-refractivity contribution in [3.63, 3.8) is 0 Å². The second kappa shape index (κ2) is 5.40. The Bertz CT molecular complexity index is 604. The molecule has 0 unspecified atom stereocenters. The molecule has 1 aromatic carbocycles. The number of hydrogen-bond acceptors (Lipinski definition) is 4. The lowest BCUT2D eigenvalue weighted by Crippen LogP contribution is -2.00. The summed E-state index contributed by atoms with van der Waals surface area (Å²) in [6.45, 7) is 3.88. The second-order valence-electron chi connectivity index (χ2n) is 4.43. The molecule has 0 aliphatic heterocycles. The van der Waals surface area contributed by atoms with Crippen LogP contribution in [-0.2, 0) is 0 Å². The number of carboxylic acids is 1. The van der Waals surface area contributed by atoms with Crippen molar-refractivity contribution in [2.45, 2.75) is 19.8 Å². The second-order valence-corrected chi connectivity index (χ2v) is 5.42. The lowest BCUT2D eigenvalue weighted by Gasteiger charge is -2.02. The third-order valence-corrected chi connectivity index (χ3v) is 3.82. The van der Waals surface area contributed by atoms with Crippen LogP contribution < -0.4 is 4.74 Å². The molecule has 0 aliphatic rings. The SMILES string of the molecule is COc1cccc(-c2nc(C(C)C)c(C(=O)O)s2)c1. The molecule has 100 valence electrons. The average Bonchev–Trinajstić information content (AvgIpc) is 2.84. The van der Waals surface area contributed by atoms with E-state index in [2.05, 4.69) is 4.98 Å². The van der Waals surface area contributed by atoms with E-state index in [1.54, 1.807) is 7.11 Å². The summed E-state index contributed by atoms with van der Waals surface area (Å²) in [4.78, 5) is 16.0. The number of nitrogens with zero attached hydrogens (tertiary/aromatic N) is 1. The zero-order chi connectivity index (χ0) is 14.0. The van der Waals surface area contributed by atoms with Crippen molar-refractivity contribution in [3.8, 4) is 16.3 Å². The molecular formula is C14H15NO3S. The lowest BCUT2D eigenvalue weighted by molar-refractivity contribution is 0.0700. The molecule has 0 bridgehead atoms. The monoisotopic (exact) mass is 277 g/mol. The van der Waals surface area contributed by atoms with Crippen molar-refractivity contribution in [1.29, 1.82) is 0 Å². The van der Waals surface area contributed by atoms with Gasteiger partial charge in [0, 0.05) is 5.56 Å². The van der Waals surface area contributed by atoms with E-state index in [1.807, 2.05) is 38.1 Å². The first kappa shape index (κ1) is 13.5. The normalized spacial score (nSPS) is 10.7. The Morgan fingerprint density at radius 3 is 2.68 bits per heavy atom. The molecule has 0 aliphatic carbocycles. The van der Waals surface area contributed by atoms with Crippen molar-refractivity contribution in [1.82, 2.24) is 4.98 Å². The number of aromatic nitrogens is 1. The molecule has 1 aromatic heterocycles. The number of benzene rings is 1. The Morgan fingerprint density at radius 1 is 1.42 bits per heavy atom. The maximum absolute atomic E-state index is 11.2. The van der Waals surface area contributed by atoms with E-state index in [0.717, 1.165) is 11.3 Å². The van der Waals surface area contributed by atoms with Gasteiger partial charge >= 0.3 is 5.97 Å². The van der Waals surface area contributed by atoms with Gasteiger partial charge in [-0.3, -0.25) is 0 Å². The van der Waals surface area contributed by atoms with Gasteiger partial charge in [0.25, 0.3) is 0 Å². The van der Waals surface area contributed by atoms with E-state index in [4.69, 9.17) is 4.74 Å². The number of thiazole rings is 1. The summed E-state index contributed by atoms with van der Waals surface area (Å²) in [5, 5.41) is 9.93. The Balaban J connectivity index is 2.50. The van der Waals surface area contributed by atoms with Crippen molar-refractivity contribution < 1.29 is 14.6 Å². The van der Waals surface area contributed by atoms with E-state index in [0.29, 0.717) is 15.6 Å². The first-order valence-corrected chi connectivity index (χ1v) is 6.73. The highest BCUT2D eigenvalue weighted by molar-refractivity contribution is 7.17. The van der Waals surface area contributed by atoms with E-state index < -0.39 is 5.97 Å². The molecule has 1 N–H and O–H groups in total. The summed E-state index contributed by atoms with van der Waals surface area (Å²) < 4.78 is 5.17. The number of hydrogen-bond donors (Lipinski definition) is 1. The standard InChI is InChI=1S/C14H15NO3S/c1-8(2)11-12(14(16)17)19-13(15-11)9-5-4-6-10(7-9)18-3/h4-8H,1-3H3,(H,16,17). The molecule has 0 atom stereocenters. The number of ether oxygens (including phenoxy) is 1. The molecule has 2 aromatic rings. The molecule has 0 spiro atoms. The molecule has 0 fully saturated rings. The Kier molecular flexibility index (Phi) is 3.85. The zero-order valence-electron chi connectivity index (χ0n) is 11.0. The highest BCUT2D eigenvalue weighted by atomic mass is 32.1. The van der Waals surface area contributed by atoms with Gasteiger partial charge < -0.3 is 9.84 Å². The molecule has 19 heavy (non-hydrogen) atoms. The summed E-state index contributed by atoms with van der Waals surface area (Å²) >= 11 is 1.20. The van der Waals surface area contributed by atoms with Gasteiger partial charge in [0.15, 0.2) is 0 Å². The summed E-state index contributed by atoms with van der Waals surface area (Å²) in [6, 6.07) is 7.47. The summed E-state index contributed by atoms with van der Waals surface area (Å²) in [5.74, 6) is -0.104. The van der Waals surface area contributed by atoms with Gasteiger partial charge in [0.05, 0.1) is 12.8 Å². The number of rotatable bonds is 4. The van der Waals surface area contributed by atoms with Crippen molar-refractivity contribution in [2.75, 3.05) is 7.11 Å². The molecule has 5 heteroatoms. The van der Waals surface area contributed by atoms with Gasteiger partial charge in [0.2, 0.25) is 0 Å². The maximum atomic E-state index is 11.2. The third-order valence-electron chi connectivity index (χ3n) is 2.71. The number of carbonyl (C=O) groups is 1. The minimum atomic E-state index is -0.921. The van der Waals surface area contributed by atoms with Crippen LogP contribution in [0.25, 0.3) is 10.6 Å². The van der Waals surface area contributed by atoms with Crippen LogP contribution in [0.1, 0.15) is 35.1 Å². The summed E-state index contributed by atoms with van der Waals surface area (Å²) in [7, 11) is 1.60. The van der Waals surface area contributed by atoms with Crippen LogP contribution in [0, 0.1) is 0 Å². The maximum Gasteiger partial charge on any atom is 0.347 e. The highest BCUT2D eigenvalue weighted by Gasteiger charge is 2.20.